The Labute approximate surface area is 105 Å². The summed E-state index contributed by atoms with van der Waals surface area (Å²) in [6, 6.07) is 1.57. The van der Waals surface area contributed by atoms with Crippen LogP contribution in [-0.4, -0.2) is 25.2 Å². The van der Waals surface area contributed by atoms with Gasteiger partial charge >= 0.3 is 5.97 Å². The number of carbonyl (C=O) groups is 1. The van der Waals surface area contributed by atoms with E-state index < -0.39 is 15.8 Å². The van der Waals surface area contributed by atoms with Crippen molar-refractivity contribution in [3.8, 4) is 0 Å². The van der Waals surface area contributed by atoms with Gasteiger partial charge in [-0.15, -0.1) is 11.3 Å². The number of hydrogen-bond acceptors (Lipinski definition) is 4. The van der Waals surface area contributed by atoms with Gasteiger partial charge in [0.1, 0.15) is 4.88 Å². The van der Waals surface area contributed by atoms with E-state index in [1.54, 1.807) is 11.4 Å². The minimum absolute atomic E-state index is 0.111. The minimum Gasteiger partial charge on any atom is -0.477 e. The van der Waals surface area contributed by atoms with Gasteiger partial charge in [-0.2, -0.15) is 0 Å². The Kier molecular flexibility index (Phi) is 4.70. The third-order valence-corrected chi connectivity index (χ3v) is 4.88. The van der Waals surface area contributed by atoms with Gasteiger partial charge < -0.3 is 5.11 Å². The van der Waals surface area contributed by atoms with Crippen molar-refractivity contribution in [2.75, 3.05) is 5.75 Å². The summed E-state index contributed by atoms with van der Waals surface area (Å²) in [5, 5.41) is 10.5. The van der Waals surface area contributed by atoms with Crippen LogP contribution in [-0.2, 0) is 15.6 Å². The lowest BCUT2D eigenvalue weighted by molar-refractivity contribution is 0.0701. The molecule has 0 amide bonds. The summed E-state index contributed by atoms with van der Waals surface area (Å²) < 4.78 is 23.6. The van der Waals surface area contributed by atoms with E-state index in [4.69, 9.17) is 5.11 Å². The van der Waals surface area contributed by atoms with Crippen LogP contribution in [0.25, 0.3) is 0 Å². The second-order valence-corrected chi connectivity index (χ2v) is 7.45. The molecule has 0 aliphatic rings. The molecule has 1 N–H and O–H groups in total. The van der Waals surface area contributed by atoms with Crippen LogP contribution >= 0.6 is 11.3 Å². The van der Waals surface area contributed by atoms with Crippen LogP contribution in [0, 0.1) is 5.92 Å². The van der Waals surface area contributed by atoms with Crippen LogP contribution in [0.5, 0.6) is 0 Å². The molecule has 1 heterocycles. The molecule has 1 aromatic heterocycles. The van der Waals surface area contributed by atoms with E-state index in [0.717, 1.165) is 11.3 Å². The highest BCUT2D eigenvalue weighted by molar-refractivity contribution is 7.90. The molecule has 0 unspecified atom stereocenters. The lowest BCUT2D eigenvalue weighted by Crippen LogP contribution is -2.12. The molecule has 0 bridgehead atoms. The molecule has 0 fully saturated rings. The van der Waals surface area contributed by atoms with Gasteiger partial charge in [0.05, 0.1) is 11.5 Å². The van der Waals surface area contributed by atoms with Crippen molar-refractivity contribution < 1.29 is 18.3 Å². The highest BCUT2D eigenvalue weighted by Crippen LogP contribution is 2.20. The summed E-state index contributed by atoms with van der Waals surface area (Å²) in [6.07, 6.45) is 0.606. The van der Waals surface area contributed by atoms with Crippen LogP contribution in [0.1, 0.15) is 35.5 Å². The summed E-state index contributed by atoms with van der Waals surface area (Å²) in [5.41, 5.74) is 0.395. The highest BCUT2D eigenvalue weighted by atomic mass is 32.2. The lowest BCUT2D eigenvalue weighted by Gasteiger charge is -2.06. The van der Waals surface area contributed by atoms with Crippen molar-refractivity contribution in [3.63, 3.8) is 0 Å². The van der Waals surface area contributed by atoms with Gasteiger partial charge in [0.15, 0.2) is 9.84 Å². The quantitative estimate of drug-likeness (QED) is 0.866. The Balaban J connectivity index is 2.76. The normalized spacial score (nSPS) is 11.9. The summed E-state index contributed by atoms with van der Waals surface area (Å²) in [7, 11) is -3.21. The third kappa shape index (κ3) is 4.47. The SMILES string of the molecule is CC(C)CCS(=O)(=O)Cc1ccsc1C(=O)O. The maximum absolute atomic E-state index is 11.8. The zero-order valence-corrected chi connectivity index (χ0v) is 11.5. The molecule has 0 atom stereocenters. The van der Waals surface area contributed by atoms with Crippen LogP contribution in [0.3, 0.4) is 0 Å². The summed E-state index contributed by atoms with van der Waals surface area (Å²) in [4.78, 5) is 11.0. The molecule has 1 rings (SSSR count). The molecule has 0 saturated carbocycles. The molecule has 96 valence electrons. The molecule has 0 radical (unpaired) electrons. The fourth-order valence-corrected chi connectivity index (χ4v) is 3.90. The van der Waals surface area contributed by atoms with E-state index in [9.17, 15) is 13.2 Å². The van der Waals surface area contributed by atoms with Gasteiger partial charge in [0.25, 0.3) is 0 Å². The molecule has 0 aromatic carbocycles. The van der Waals surface area contributed by atoms with Crippen molar-refractivity contribution in [1.82, 2.24) is 0 Å². The number of carboxylic acids is 1. The Morgan fingerprint density at radius 1 is 1.47 bits per heavy atom. The zero-order chi connectivity index (χ0) is 13.1. The first-order chi connectivity index (χ1) is 7.82. The average Bonchev–Trinajstić information content (AvgIpc) is 2.62. The van der Waals surface area contributed by atoms with Gasteiger partial charge in [-0.05, 0) is 29.3 Å². The topological polar surface area (TPSA) is 71.4 Å². The largest absolute Gasteiger partial charge is 0.477 e. The van der Waals surface area contributed by atoms with Crippen LogP contribution < -0.4 is 0 Å². The van der Waals surface area contributed by atoms with E-state index in [-0.39, 0.29) is 16.4 Å². The Morgan fingerprint density at radius 2 is 2.12 bits per heavy atom. The van der Waals surface area contributed by atoms with Crippen molar-refractivity contribution in [2.45, 2.75) is 26.0 Å². The Bertz CT molecular complexity index is 485. The van der Waals surface area contributed by atoms with E-state index in [2.05, 4.69) is 0 Å². The van der Waals surface area contributed by atoms with Gasteiger partial charge in [0, 0.05) is 0 Å². The van der Waals surface area contributed by atoms with E-state index in [1.165, 1.54) is 0 Å². The van der Waals surface area contributed by atoms with Gasteiger partial charge in [-0.3, -0.25) is 0 Å². The molecular formula is C11H16O4S2. The maximum atomic E-state index is 11.8. The van der Waals surface area contributed by atoms with Crippen molar-refractivity contribution in [3.05, 3.63) is 21.9 Å². The first kappa shape index (κ1) is 14.2. The molecule has 0 spiro atoms. The summed E-state index contributed by atoms with van der Waals surface area (Å²) >= 11 is 1.06. The predicted molar refractivity (Wildman–Crippen MR) is 68.2 cm³/mol. The first-order valence-corrected chi connectivity index (χ1v) is 8.02. The van der Waals surface area contributed by atoms with Crippen LogP contribution in [0.4, 0.5) is 0 Å². The fraction of sp³-hybridized carbons (Fsp3) is 0.545. The van der Waals surface area contributed by atoms with Crippen molar-refractivity contribution >= 4 is 27.1 Å². The van der Waals surface area contributed by atoms with Crippen LogP contribution in [0.15, 0.2) is 11.4 Å². The molecule has 6 heteroatoms. The summed E-state index contributed by atoms with van der Waals surface area (Å²) in [6.45, 7) is 3.92. The molecule has 0 saturated heterocycles. The van der Waals surface area contributed by atoms with E-state index in [1.807, 2.05) is 13.8 Å². The van der Waals surface area contributed by atoms with Crippen molar-refractivity contribution in [1.29, 1.82) is 0 Å². The number of aromatic carboxylic acids is 1. The minimum atomic E-state index is -3.21. The standard InChI is InChI=1S/C11H16O4S2/c1-8(2)4-6-17(14,15)7-9-3-5-16-10(9)11(12)13/h3,5,8H,4,6-7H2,1-2H3,(H,12,13). The van der Waals surface area contributed by atoms with E-state index in [0.29, 0.717) is 17.9 Å². The molecule has 4 nitrogen and oxygen atoms in total. The van der Waals surface area contributed by atoms with Crippen LogP contribution in [0.2, 0.25) is 0 Å². The number of carboxylic acid groups (broad SMARTS) is 1. The summed E-state index contributed by atoms with van der Waals surface area (Å²) in [5.74, 6) is -0.801. The molecule has 17 heavy (non-hydrogen) atoms. The Hall–Kier alpha value is -0.880. The second kappa shape index (κ2) is 5.64. The molecular weight excluding hydrogens is 260 g/mol. The zero-order valence-electron chi connectivity index (χ0n) is 9.84. The number of sulfone groups is 1. The van der Waals surface area contributed by atoms with Gasteiger partial charge in [-0.25, -0.2) is 13.2 Å². The molecule has 1 aromatic rings. The molecule has 0 aliphatic heterocycles. The number of thiophene rings is 1. The fourth-order valence-electron chi connectivity index (χ4n) is 1.36. The van der Waals surface area contributed by atoms with Gasteiger partial charge in [0.2, 0.25) is 0 Å². The smallest absolute Gasteiger partial charge is 0.346 e. The number of rotatable bonds is 6. The maximum Gasteiger partial charge on any atom is 0.346 e. The average molecular weight is 276 g/mol. The molecule has 0 aliphatic carbocycles. The number of hydrogen-bond donors (Lipinski definition) is 1. The Morgan fingerprint density at radius 3 is 2.65 bits per heavy atom. The lowest BCUT2D eigenvalue weighted by atomic mass is 10.2. The third-order valence-electron chi connectivity index (χ3n) is 2.32. The monoisotopic (exact) mass is 276 g/mol. The first-order valence-electron chi connectivity index (χ1n) is 5.32. The van der Waals surface area contributed by atoms with Gasteiger partial charge in [-0.1, -0.05) is 13.8 Å². The highest BCUT2D eigenvalue weighted by Gasteiger charge is 2.19. The predicted octanol–water partition coefficient (Wildman–Crippen LogP) is 2.41. The second-order valence-electron chi connectivity index (χ2n) is 4.35. The van der Waals surface area contributed by atoms with E-state index >= 15 is 0 Å². The van der Waals surface area contributed by atoms with Crippen molar-refractivity contribution in [2.24, 2.45) is 5.92 Å².